The van der Waals surface area contributed by atoms with Crippen LogP contribution in [-0.2, 0) is 9.59 Å². The summed E-state index contributed by atoms with van der Waals surface area (Å²) in [5.41, 5.74) is 0. The molecular formula is C12H22N2O3. The fraction of sp³-hybridized carbons (Fsp3) is 0.833. The average Bonchev–Trinajstić information content (AvgIpc) is 2.28. The van der Waals surface area contributed by atoms with E-state index in [1.54, 1.807) is 0 Å². The topological polar surface area (TPSA) is 69.6 Å². The van der Waals surface area contributed by atoms with Gasteiger partial charge in [-0.2, -0.15) is 0 Å². The highest BCUT2D eigenvalue weighted by molar-refractivity contribution is 5.79. The van der Waals surface area contributed by atoms with Crippen molar-refractivity contribution >= 4 is 11.9 Å². The number of nitrogens with zero attached hydrogens (tertiary/aromatic N) is 1. The zero-order valence-electron chi connectivity index (χ0n) is 10.8. The van der Waals surface area contributed by atoms with E-state index in [0.29, 0.717) is 25.9 Å². The third-order valence-electron chi connectivity index (χ3n) is 3.44. The third kappa shape index (κ3) is 3.43. The van der Waals surface area contributed by atoms with E-state index in [1.165, 1.54) is 0 Å². The van der Waals surface area contributed by atoms with Crippen LogP contribution in [0, 0.1) is 11.8 Å². The molecule has 3 unspecified atom stereocenters. The quantitative estimate of drug-likeness (QED) is 0.755. The Morgan fingerprint density at radius 2 is 2.18 bits per heavy atom. The number of aliphatic carboxylic acids is 1. The van der Waals surface area contributed by atoms with Gasteiger partial charge in [0.2, 0.25) is 5.91 Å². The third-order valence-corrected chi connectivity index (χ3v) is 3.44. The fourth-order valence-corrected chi connectivity index (χ4v) is 2.40. The van der Waals surface area contributed by atoms with E-state index in [9.17, 15) is 9.59 Å². The van der Waals surface area contributed by atoms with Gasteiger partial charge in [-0.1, -0.05) is 6.92 Å². The van der Waals surface area contributed by atoms with Crippen LogP contribution in [0.2, 0.25) is 0 Å². The first-order valence-corrected chi connectivity index (χ1v) is 6.15. The van der Waals surface area contributed by atoms with E-state index >= 15 is 0 Å². The second-order valence-corrected chi connectivity index (χ2v) is 4.90. The van der Waals surface area contributed by atoms with Crippen LogP contribution in [0.5, 0.6) is 0 Å². The molecule has 0 spiro atoms. The van der Waals surface area contributed by atoms with Crippen molar-refractivity contribution in [2.24, 2.45) is 11.8 Å². The first kappa shape index (κ1) is 14.0. The lowest BCUT2D eigenvalue weighted by Crippen LogP contribution is -2.49. The van der Waals surface area contributed by atoms with Crippen molar-refractivity contribution in [2.75, 3.05) is 20.1 Å². The van der Waals surface area contributed by atoms with Crippen molar-refractivity contribution in [3.8, 4) is 0 Å². The van der Waals surface area contributed by atoms with Gasteiger partial charge in [-0.25, -0.2) is 0 Å². The summed E-state index contributed by atoms with van der Waals surface area (Å²) < 4.78 is 0. The van der Waals surface area contributed by atoms with Crippen molar-refractivity contribution in [3.63, 3.8) is 0 Å². The number of carboxylic acid groups (broad SMARTS) is 1. The molecule has 98 valence electrons. The Morgan fingerprint density at radius 3 is 2.65 bits per heavy atom. The zero-order valence-corrected chi connectivity index (χ0v) is 10.8. The molecule has 0 aromatic rings. The van der Waals surface area contributed by atoms with Crippen LogP contribution in [0.3, 0.4) is 0 Å². The van der Waals surface area contributed by atoms with Gasteiger partial charge in [0.15, 0.2) is 0 Å². The van der Waals surface area contributed by atoms with E-state index in [2.05, 4.69) is 5.32 Å². The molecule has 1 aliphatic rings. The van der Waals surface area contributed by atoms with Crippen molar-refractivity contribution in [2.45, 2.75) is 32.7 Å². The smallest absolute Gasteiger partial charge is 0.306 e. The maximum Gasteiger partial charge on any atom is 0.306 e. The lowest BCUT2D eigenvalue weighted by Gasteiger charge is -2.37. The summed E-state index contributed by atoms with van der Waals surface area (Å²) in [7, 11) is 1.82. The average molecular weight is 242 g/mol. The number of carbonyl (C=O) groups is 2. The summed E-state index contributed by atoms with van der Waals surface area (Å²) in [4.78, 5) is 24.8. The summed E-state index contributed by atoms with van der Waals surface area (Å²) in [6, 6.07) is 0.0247. The van der Waals surface area contributed by atoms with Crippen LogP contribution in [0.4, 0.5) is 0 Å². The van der Waals surface area contributed by atoms with E-state index in [1.807, 2.05) is 25.8 Å². The van der Waals surface area contributed by atoms with E-state index in [4.69, 9.17) is 5.11 Å². The monoisotopic (exact) mass is 242 g/mol. The number of carboxylic acids is 1. The Kier molecular flexibility index (Phi) is 4.93. The summed E-state index contributed by atoms with van der Waals surface area (Å²) in [6.45, 7) is 5.05. The van der Waals surface area contributed by atoms with Crippen molar-refractivity contribution in [1.82, 2.24) is 10.2 Å². The van der Waals surface area contributed by atoms with Gasteiger partial charge in [0, 0.05) is 25.0 Å². The van der Waals surface area contributed by atoms with Gasteiger partial charge in [0.25, 0.3) is 0 Å². The molecule has 0 aromatic heterocycles. The Morgan fingerprint density at radius 1 is 1.53 bits per heavy atom. The molecule has 5 heteroatoms. The van der Waals surface area contributed by atoms with Gasteiger partial charge in [-0.3, -0.25) is 9.59 Å². The minimum absolute atomic E-state index is 0.0247. The molecular weight excluding hydrogens is 220 g/mol. The highest BCUT2D eigenvalue weighted by atomic mass is 16.4. The Labute approximate surface area is 102 Å². The maximum atomic E-state index is 12.1. The van der Waals surface area contributed by atoms with Crippen molar-refractivity contribution in [1.29, 1.82) is 0 Å². The molecule has 5 nitrogen and oxygen atoms in total. The Bertz CT molecular complexity index is 293. The second kappa shape index (κ2) is 6.00. The summed E-state index contributed by atoms with van der Waals surface area (Å²) in [6.07, 6.45) is 1.13. The number of rotatable bonds is 4. The minimum atomic E-state index is -0.743. The molecule has 1 saturated heterocycles. The number of likely N-dealkylation sites (tertiary alicyclic amines) is 1. The fourth-order valence-electron chi connectivity index (χ4n) is 2.40. The van der Waals surface area contributed by atoms with E-state index in [-0.39, 0.29) is 23.8 Å². The lowest BCUT2D eigenvalue weighted by atomic mass is 9.91. The zero-order chi connectivity index (χ0) is 13.0. The van der Waals surface area contributed by atoms with E-state index < -0.39 is 5.97 Å². The van der Waals surface area contributed by atoms with Crippen LogP contribution in [0.15, 0.2) is 0 Å². The first-order chi connectivity index (χ1) is 7.97. The number of piperidine rings is 1. The first-order valence-electron chi connectivity index (χ1n) is 6.15. The molecule has 1 heterocycles. The molecule has 0 radical (unpaired) electrons. The molecule has 0 aromatic carbocycles. The van der Waals surface area contributed by atoms with Crippen LogP contribution in [0.1, 0.15) is 26.7 Å². The highest BCUT2D eigenvalue weighted by Gasteiger charge is 2.33. The van der Waals surface area contributed by atoms with Gasteiger partial charge >= 0.3 is 5.97 Å². The van der Waals surface area contributed by atoms with Gasteiger partial charge in [-0.15, -0.1) is 0 Å². The standard InChI is InChI=1S/C12H22N2O3/c1-8(7-13-3)11(15)14-5-4-10(12(16)17)6-9(14)2/h8-10,13H,4-7H2,1-3H3,(H,16,17). The number of amides is 1. The highest BCUT2D eigenvalue weighted by Crippen LogP contribution is 2.24. The number of hydrogen-bond donors (Lipinski definition) is 2. The molecule has 1 fully saturated rings. The number of hydrogen-bond acceptors (Lipinski definition) is 3. The lowest BCUT2D eigenvalue weighted by molar-refractivity contribution is -0.148. The molecule has 1 rings (SSSR count). The summed E-state index contributed by atoms with van der Waals surface area (Å²) in [5.74, 6) is -0.972. The van der Waals surface area contributed by atoms with Gasteiger partial charge in [-0.05, 0) is 26.8 Å². The molecule has 2 N–H and O–H groups in total. The normalized spacial score (nSPS) is 26.6. The van der Waals surface area contributed by atoms with Crippen LogP contribution >= 0.6 is 0 Å². The summed E-state index contributed by atoms with van der Waals surface area (Å²) in [5, 5.41) is 11.9. The predicted molar refractivity (Wildman–Crippen MR) is 64.6 cm³/mol. The number of nitrogens with one attached hydrogen (secondary N) is 1. The van der Waals surface area contributed by atoms with Crippen molar-refractivity contribution in [3.05, 3.63) is 0 Å². The molecule has 1 amide bonds. The van der Waals surface area contributed by atoms with Gasteiger partial charge in [0.1, 0.15) is 0 Å². The predicted octanol–water partition coefficient (Wildman–Crippen LogP) is 0.554. The van der Waals surface area contributed by atoms with Crippen LogP contribution < -0.4 is 5.32 Å². The molecule has 1 aliphatic heterocycles. The van der Waals surface area contributed by atoms with Crippen LogP contribution in [-0.4, -0.2) is 48.1 Å². The number of carbonyl (C=O) groups excluding carboxylic acids is 1. The molecule has 0 aliphatic carbocycles. The van der Waals surface area contributed by atoms with E-state index in [0.717, 1.165) is 0 Å². The Hall–Kier alpha value is -1.10. The second-order valence-electron chi connectivity index (χ2n) is 4.90. The van der Waals surface area contributed by atoms with Crippen molar-refractivity contribution < 1.29 is 14.7 Å². The largest absolute Gasteiger partial charge is 0.481 e. The Balaban J connectivity index is 2.57. The SMILES string of the molecule is CNCC(C)C(=O)N1CCC(C(=O)O)CC1C. The molecule has 3 atom stereocenters. The molecule has 17 heavy (non-hydrogen) atoms. The molecule has 0 saturated carbocycles. The maximum absolute atomic E-state index is 12.1. The van der Waals surface area contributed by atoms with Gasteiger partial charge in [0.05, 0.1) is 5.92 Å². The summed E-state index contributed by atoms with van der Waals surface area (Å²) >= 11 is 0. The van der Waals surface area contributed by atoms with Gasteiger partial charge < -0.3 is 15.3 Å². The van der Waals surface area contributed by atoms with Crippen LogP contribution in [0.25, 0.3) is 0 Å². The minimum Gasteiger partial charge on any atom is -0.481 e. The molecule has 0 bridgehead atoms.